The van der Waals surface area contributed by atoms with Crippen molar-refractivity contribution in [3.63, 3.8) is 0 Å². The van der Waals surface area contributed by atoms with E-state index < -0.39 is 8.60 Å². The first-order valence-corrected chi connectivity index (χ1v) is 8.00. The second-order valence-electron chi connectivity index (χ2n) is 5.10. The second-order valence-corrected chi connectivity index (χ2v) is 6.10. The van der Waals surface area contributed by atoms with Gasteiger partial charge in [-0.1, -0.05) is 0 Å². The third kappa shape index (κ3) is 2.06. The Balaban J connectivity index is 2.29. The molecule has 1 aliphatic rings. The number of halogens is 1. The zero-order chi connectivity index (χ0) is 14.4. The van der Waals surface area contributed by atoms with Crippen LogP contribution in [0.2, 0.25) is 0 Å². The Morgan fingerprint density at radius 2 is 2.30 bits per heavy atom. The smallest absolute Gasteiger partial charge is 0.391 e. The first-order valence-electron chi connectivity index (χ1n) is 6.30. The molecule has 3 N–H and O–H groups in total. The van der Waals surface area contributed by atoms with Gasteiger partial charge in [0.2, 0.25) is 0 Å². The van der Waals surface area contributed by atoms with Crippen LogP contribution < -0.4 is 9.42 Å². The summed E-state index contributed by atoms with van der Waals surface area (Å²) in [7, 11) is -0.437. The molecule has 2 heterocycles. The van der Waals surface area contributed by atoms with Crippen LogP contribution in [-0.4, -0.2) is 34.2 Å². The van der Waals surface area contributed by atoms with Crippen LogP contribution in [0.3, 0.4) is 0 Å². The van der Waals surface area contributed by atoms with Gasteiger partial charge in [-0.25, -0.2) is 0 Å². The molecule has 0 bridgehead atoms. The van der Waals surface area contributed by atoms with Gasteiger partial charge < -0.3 is 24.2 Å². The fourth-order valence-electron chi connectivity index (χ4n) is 3.00. The number of hydrogen-bond acceptors (Lipinski definition) is 4. The van der Waals surface area contributed by atoms with E-state index in [1.165, 1.54) is 5.56 Å². The standard InChI is InChI=1S/C13H16ClN2O3P/c1-7-5-15-13-10(19-20(17)18)3-9-12(11(7)13)8(4-14)6-16(9)2/h3,5,8,15,17-18H,4,6H2,1-2H3/t8-/m1/s1. The molecular formula is C13H16ClN2O3P. The molecule has 20 heavy (non-hydrogen) atoms. The fraction of sp³-hybridized carbons (Fsp3) is 0.385. The molecule has 1 aliphatic heterocycles. The van der Waals surface area contributed by atoms with Gasteiger partial charge in [0.25, 0.3) is 0 Å². The van der Waals surface area contributed by atoms with E-state index in [-0.39, 0.29) is 5.92 Å². The van der Waals surface area contributed by atoms with Crippen LogP contribution in [0.5, 0.6) is 5.75 Å². The normalized spacial score (nSPS) is 18.1. The number of aryl methyl sites for hydroxylation is 1. The third-order valence-electron chi connectivity index (χ3n) is 3.82. The molecule has 1 aromatic carbocycles. The summed E-state index contributed by atoms with van der Waals surface area (Å²) in [5, 5.41) is 1.07. The number of anilines is 1. The van der Waals surface area contributed by atoms with E-state index >= 15 is 0 Å². The van der Waals surface area contributed by atoms with Gasteiger partial charge in [0.1, 0.15) is 0 Å². The number of H-pyrrole nitrogens is 1. The van der Waals surface area contributed by atoms with Gasteiger partial charge in [-0.15, -0.1) is 11.6 Å². The Kier molecular flexibility index (Phi) is 3.55. The molecule has 108 valence electrons. The van der Waals surface area contributed by atoms with E-state index in [1.807, 2.05) is 26.2 Å². The first kappa shape index (κ1) is 14.0. The largest absolute Gasteiger partial charge is 0.425 e. The molecule has 1 aromatic heterocycles. The van der Waals surface area contributed by atoms with Crippen molar-refractivity contribution >= 4 is 36.8 Å². The van der Waals surface area contributed by atoms with E-state index in [9.17, 15) is 0 Å². The summed E-state index contributed by atoms with van der Waals surface area (Å²) in [6.07, 6.45) is 1.90. The second kappa shape index (κ2) is 5.08. The van der Waals surface area contributed by atoms with Crippen molar-refractivity contribution in [1.82, 2.24) is 4.98 Å². The number of benzene rings is 1. The number of aromatic amines is 1. The van der Waals surface area contributed by atoms with Gasteiger partial charge >= 0.3 is 8.60 Å². The highest BCUT2D eigenvalue weighted by atomic mass is 35.5. The Labute approximate surface area is 123 Å². The highest BCUT2D eigenvalue weighted by Gasteiger charge is 2.31. The zero-order valence-electron chi connectivity index (χ0n) is 11.2. The van der Waals surface area contributed by atoms with Crippen molar-refractivity contribution in [2.75, 3.05) is 24.4 Å². The molecule has 3 rings (SSSR count). The van der Waals surface area contributed by atoms with Gasteiger partial charge in [0.15, 0.2) is 5.75 Å². The lowest BCUT2D eigenvalue weighted by molar-refractivity contribution is 0.376. The lowest BCUT2D eigenvalue weighted by atomic mass is 9.97. The minimum Gasteiger partial charge on any atom is -0.425 e. The molecule has 0 radical (unpaired) electrons. The molecule has 0 unspecified atom stereocenters. The summed E-state index contributed by atoms with van der Waals surface area (Å²) in [6, 6.07) is 1.85. The van der Waals surface area contributed by atoms with E-state index in [0.29, 0.717) is 11.6 Å². The summed E-state index contributed by atoms with van der Waals surface area (Å²) in [6.45, 7) is 2.88. The monoisotopic (exact) mass is 314 g/mol. The van der Waals surface area contributed by atoms with Crippen LogP contribution in [0.4, 0.5) is 5.69 Å². The van der Waals surface area contributed by atoms with Gasteiger partial charge in [-0.3, -0.25) is 0 Å². The number of rotatable bonds is 3. The molecule has 0 saturated carbocycles. The maximum absolute atomic E-state index is 9.13. The molecule has 0 spiro atoms. The summed E-state index contributed by atoms with van der Waals surface area (Å²) >= 11 is 6.10. The Bertz CT molecular complexity index is 659. The Morgan fingerprint density at radius 1 is 1.55 bits per heavy atom. The lowest BCUT2D eigenvalue weighted by Crippen LogP contribution is -2.15. The lowest BCUT2D eigenvalue weighted by Gasteiger charge is -2.15. The Hall–Kier alpha value is -1.00. The van der Waals surface area contributed by atoms with Crippen molar-refractivity contribution in [1.29, 1.82) is 0 Å². The number of nitrogens with one attached hydrogen (secondary N) is 1. The predicted molar refractivity (Wildman–Crippen MR) is 81.8 cm³/mol. The van der Waals surface area contributed by atoms with Crippen molar-refractivity contribution < 1.29 is 14.3 Å². The SMILES string of the molecule is Cc1c[nH]c2c(OP(O)O)cc3c(c12)[C@H](CCl)CN3C. The fourth-order valence-corrected chi connectivity index (χ4v) is 3.57. The van der Waals surface area contributed by atoms with Gasteiger partial charge in [0, 0.05) is 48.7 Å². The van der Waals surface area contributed by atoms with Crippen LogP contribution >= 0.6 is 20.2 Å². The van der Waals surface area contributed by atoms with Gasteiger partial charge in [-0.05, 0) is 18.1 Å². The maximum atomic E-state index is 9.13. The molecule has 5 nitrogen and oxygen atoms in total. The quantitative estimate of drug-likeness (QED) is 0.602. The van der Waals surface area contributed by atoms with Crippen molar-refractivity contribution in [3.8, 4) is 5.75 Å². The number of alkyl halides is 1. The average molecular weight is 315 g/mol. The number of likely N-dealkylation sites (N-methyl/N-ethyl adjacent to an activating group) is 1. The minimum absolute atomic E-state index is 0.271. The van der Waals surface area contributed by atoms with Crippen LogP contribution in [0, 0.1) is 6.92 Å². The third-order valence-corrected chi connectivity index (χ3v) is 4.55. The van der Waals surface area contributed by atoms with E-state index in [2.05, 4.69) is 9.88 Å². The van der Waals surface area contributed by atoms with E-state index in [1.54, 1.807) is 0 Å². The van der Waals surface area contributed by atoms with Crippen molar-refractivity contribution in [2.24, 2.45) is 0 Å². The minimum atomic E-state index is -2.44. The predicted octanol–water partition coefficient (Wildman–Crippen LogP) is 2.84. The number of aromatic nitrogens is 1. The number of fused-ring (bicyclic) bond motifs is 3. The molecule has 0 amide bonds. The van der Waals surface area contributed by atoms with Gasteiger partial charge in [0.05, 0.1) is 5.52 Å². The maximum Gasteiger partial charge on any atom is 0.391 e. The van der Waals surface area contributed by atoms with E-state index in [0.717, 1.165) is 28.7 Å². The van der Waals surface area contributed by atoms with Crippen molar-refractivity contribution in [2.45, 2.75) is 12.8 Å². The number of nitrogens with zero attached hydrogens (tertiary/aromatic N) is 1. The van der Waals surface area contributed by atoms with Crippen LogP contribution in [0.15, 0.2) is 12.3 Å². The highest BCUT2D eigenvalue weighted by Crippen LogP contribution is 2.47. The summed E-state index contributed by atoms with van der Waals surface area (Å²) in [4.78, 5) is 23.5. The first-order chi connectivity index (χ1) is 9.52. The molecular weight excluding hydrogens is 299 g/mol. The molecule has 0 aliphatic carbocycles. The summed E-state index contributed by atoms with van der Waals surface area (Å²) in [5.41, 5.74) is 4.15. The molecule has 0 fully saturated rings. The van der Waals surface area contributed by atoms with E-state index in [4.69, 9.17) is 25.9 Å². The summed E-state index contributed by atoms with van der Waals surface area (Å²) < 4.78 is 5.17. The molecule has 2 aromatic rings. The molecule has 1 atom stereocenters. The highest BCUT2D eigenvalue weighted by molar-refractivity contribution is 7.39. The van der Waals surface area contributed by atoms with Crippen LogP contribution in [0.25, 0.3) is 10.9 Å². The van der Waals surface area contributed by atoms with Crippen LogP contribution in [-0.2, 0) is 0 Å². The topological polar surface area (TPSA) is 68.7 Å². The summed E-state index contributed by atoms with van der Waals surface area (Å²) in [5.74, 6) is 1.29. The average Bonchev–Trinajstić information content (AvgIpc) is 2.91. The Morgan fingerprint density at radius 3 is 2.95 bits per heavy atom. The molecule has 7 heteroatoms. The van der Waals surface area contributed by atoms with Crippen molar-refractivity contribution in [3.05, 3.63) is 23.4 Å². The molecule has 0 saturated heterocycles. The zero-order valence-corrected chi connectivity index (χ0v) is 12.9. The van der Waals surface area contributed by atoms with Crippen LogP contribution in [0.1, 0.15) is 17.0 Å². The number of hydrogen-bond donors (Lipinski definition) is 3. The van der Waals surface area contributed by atoms with Gasteiger partial charge in [-0.2, -0.15) is 0 Å².